The maximum absolute atomic E-state index is 11.7. The van der Waals surface area contributed by atoms with E-state index in [1.54, 1.807) is 24.4 Å². The molecule has 100 valence electrons. The van der Waals surface area contributed by atoms with Crippen LogP contribution < -0.4 is 10.6 Å². The Morgan fingerprint density at radius 3 is 2.55 bits per heavy atom. The molecule has 20 heavy (non-hydrogen) atoms. The van der Waals surface area contributed by atoms with Gasteiger partial charge in [0.25, 0.3) is 0 Å². The van der Waals surface area contributed by atoms with E-state index in [4.69, 9.17) is 12.2 Å². The van der Waals surface area contributed by atoms with E-state index in [2.05, 4.69) is 15.6 Å². The summed E-state index contributed by atoms with van der Waals surface area (Å²) in [6.45, 7) is 0. The summed E-state index contributed by atoms with van der Waals surface area (Å²) in [6, 6.07) is 14.9. The van der Waals surface area contributed by atoms with Crippen molar-refractivity contribution in [2.24, 2.45) is 0 Å². The number of nitrogens with one attached hydrogen (secondary N) is 2. The molecule has 0 saturated carbocycles. The molecule has 0 aliphatic carbocycles. The van der Waals surface area contributed by atoms with Crippen LogP contribution in [0.15, 0.2) is 60.8 Å². The van der Waals surface area contributed by atoms with Gasteiger partial charge in [-0.3, -0.25) is 10.1 Å². The van der Waals surface area contributed by atoms with Crippen molar-refractivity contribution in [3.8, 4) is 0 Å². The average molecular weight is 283 g/mol. The molecule has 1 amide bonds. The number of amides is 1. The van der Waals surface area contributed by atoms with Crippen LogP contribution in [0.2, 0.25) is 0 Å². The second kappa shape index (κ2) is 7.16. The van der Waals surface area contributed by atoms with Crippen molar-refractivity contribution in [2.75, 3.05) is 5.32 Å². The molecule has 2 N–H and O–H groups in total. The van der Waals surface area contributed by atoms with E-state index in [-0.39, 0.29) is 11.0 Å². The van der Waals surface area contributed by atoms with E-state index in [0.717, 1.165) is 5.56 Å². The minimum Gasteiger partial charge on any atom is -0.317 e. The number of hydrogen-bond acceptors (Lipinski definition) is 3. The van der Waals surface area contributed by atoms with Crippen LogP contribution in [-0.4, -0.2) is 16.0 Å². The number of carbonyl (C=O) groups is 1. The molecule has 0 unspecified atom stereocenters. The highest BCUT2D eigenvalue weighted by atomic mass is 32.1. The quantitative estimate of drug-likeness (QED) is 0.671. The number of thiocarbonyl (C=S) groups is 1. The van der Waals surface area contributed by atoms with Gasteiger partial charge in [-0.2, -0.15) is 0 Å². The molecule has 0 spiro atoms. The lowest BCUT2D eigenvalue weighted by molar-refractivity contribution is -0.115. The smallest absolute Gasteiger partial charge is 0.250 e. The number of pyridine rings is 1. The molecule has 0 aliphatic heterocycles. The van der Waals surface area contributed by atoms with Crippen LogP contribution in [0.25, 0.3) is 6.08 Å². The molecule has 0 saturated heterocycles. The molecule has 1 aromatic carbocycles. The van der Waals surface area contributed by atoms with Crippen molar-refractivity contribution in [1.29, 1.82) is 0 Å². The predicted octanol–water partition coefficient (Wildman–Crippen LogP) is 2.61. The van der Waals surface area contributed by atoms with Gasteiger partial charge < -0.3 is 5.32 Å². The average Bonchev–Trinajstić information content (AvgIpc) is 2.47. The molecule has 2 aromatic rings. The highest BCUT2D eigenvalue weighted by Crippen LogP contribution is 2.01. The second-order valence-corrected chi connectivity index (χ2v) is 4.31. The van der Waals surface area contributed by atoms with Gasteiger partial charge in [0.05, 0.1) is 0 Å². The van der Waals surface area contributed by atoms with Crippen LogP contribution in [0, 0.1) is 0 Å². The van der Waals surface area contributed by atoms with Crippen molar-refractivity contribution in [1.82, 2.24) is 10.3 Å². The summed E-state index contributed by atoms with van der Waals surface area (Å²) in [5.74, 6) is 0.298. The van der Waals surface area contributed by atoms with Crippen molar-refractivity contribution >= 4 is 35.1 Å². The van der Waals surface area contributed by atoms with Gasteiger partial charge in [-0.05, 0) is 36.0 Å². The van der Waals surface area contributed by atoms with E-state index >= 15 is 0 Å². The summed E-state index contributed by atoms with van der Waals surface area (Å²) in [6.07, 6.45) is 4.79. The molecule has 2 rings (SSSR count). The number of nitrogens with zero attached hydrogens (tertiary/aromatic N) is 1. The van der Waals surface area contributed by atoms with Gasteiger partial charge in [-0.1, -0.05) is 36.4 Å². The first-order valence-corrected chi connectivity index (χ1v) is 6.41. The minimum absolute atomic E-state index is 0.214. The fourth-order valence-corrected chi connectivity index (χ4v) is 1.68. The standard InChI is InChI=1S/C15H13N3OS/c19-14(10-9-12-6-2-1-3-7-12)18-15(20)17-13-8-4-5-11-16-13/h1-11H,(H2,16,17,18,19,20). The molecular weight excluding hydrogens is 270 g/mol. The maximum Gasteiger partial charge on any atom is 0.250 e. The van der Waals surface area contributed by atoms with E-state index in [1.165, 1.54) is 6.08 Å². The summed E-state index contributed by atoms with van der Waals surface area (Å²) in [4.78, 5) is 15.7. The van der Waals surface area contributed by atoms with Gasteiger partial charge in [-0.25, -0.2) is 4.98 Å². The summed E-state index contributed by atoms with van der Waals surface area (Å²) in [5.41, 5.74) is 0.950. The lowest BCUT2D eigenvalue weighted by Crippen LogP contribution is -2.33. The molecule has 1 heterocycles. The Labute approximate surface area is 122 Å². The summed E-state index contributed by atoms with van der Waals surface area (Å²) < 4.78 is 0. The lowest BCUT2D eigenvalue weighted by atomic mass is 10.2. The third-order valence-electron chi connectivity index (χ3n) is 2.37. The Bertz CT molecular complexity index is 612. The zero-order chi connectivity index (χ0) is 14.2. The Hall–Kier alpha value is -2.53. The number of aromatic nitrogens is 1. The van der Waals surface area contributed by atoms with E-state index < -0.39 is 0 Å². The zero-order valence-corrected chi connectivity index (χ0v) is 11.4. The third-order valence-corrected chi connectivity index (χ3v) is 2.57. The normalized spacial score (nSPS) is 10.2. The number of anilines is 1. The number of carbonyl (C=O) groups excluding carboxylic acids is 1. The third kappa shape index (κ3) is 4.62. The van der Waals surface area contributed by atoms with Crippen molar-refractivity contribution < 1.29 is 4.79 Å². The molecular formula is C15H13N3OS. The fourth-order valence-electron chi connectivity index (χ4n) is 1.47. The van der Waals surface area contributed by atoms with Crippen LogP contribution in [0.5, 0.6) is 0 Å². The molecule has 5 heteroatoms. The summed E-state index contributed by atoms with van der Waals surface area (Å²) in [5, 5.41) is 5.59. The van der Waals surface area contributed by atoms with Gasteiger partial charge in [0, 0.05) is 12.3 Å². The zero-order valence-electron chi connectivity index (χ0n) is 10.6. The molecule has 1 aromatic heterocycles. The first-order chi connectivity index (χ1) is 9.74. The van der Waals surface area contributed by atoms with Crippen LogP contribution in [0.4, 0.5) is 5.82 Å². The van der Waals surface area contributed by atoms with Gasteiger partial charge in [0.2, 0.25) is 5.91 Å². The molecule has 0 atom stereocenters. The van der Waals surface area contributed by atoms with Crippen molar-refractivity contribution in [3.05, 3.63) is 66.4 Å². The van der Waals surface area contributed by atoms with Crippen LogP contribution in [-0.2, 0) is 4.79 Å². The molecule has 0 fully saturated rings. The van der Waals surface area contributed by atoms with Crippen LogP contribution in [0.3, 0.4) is 0 Å². The van der Waals surface area contributed by atoms with Gasteiger partial charge in [0.15, 0.2) is 5.11 Å². The Morgan fingerprint density at radius 1 is 1.10 bits per heavy atom. The Balaban J connectivity index is 1.85. The van der Waals surface area contributed by atoms with E-state index in [9.17, 15) is 4.79 Å². The number of benzene rings is 1. The lowest BCUT2D eigenvalue weighted by Gasteiger charge is -2.06. The van der Waals surface area contributed by atoms with Crippen molar-refractivity contribution in [3.63, 3.8) is 0 Å². The fraction of sp³-hybridized carbons (Fsp3) is 0. The minimum atomic E-state index is -0.290. The summed E-state index contributed by atoms with van der Waals surface area (Å²) >= 11 is 5.03. The monoisotopic (exact) mass is 283 g/mol. The van der Waals surface area contributed by atoms with Gasteiger partial charge >= 0.3 is 0 Å². The Morgan fingerprint density at radius 2 is 1.85 bits per heavy atom. The molecule has 0 radical (unpaired) electrons. The first kappa shape index (κ1) is 13.9. The topological polar surface area (TPSA) is 54.0 Å². The van der Waals surface area contributed by atoms with Crippen molar-refractivity contribution in [2.45, 2.75) is 0 Å². The second-order valence-electron chi connectivity index (χ2n) is 3.90. The molecule has 0 aliphatic rings. The van der Waals surface area contributed by atoms with E-state index in [1.807, 2.05) is 36.4 Å². The van der Waals surface area contributed by atoms with Gasteiger partial charge in [0.1, 0.15) is 5.82 Å². The highest BCUT2D eigenvalue weighted by molar-refractivity contribution is 7.80. The van der Waals surface area contributed by atoms with Crippen LogP contribution >= 0.6 is 12.2 Å². The summed E-state index contributed by atoms with van der Waals surface area (Å²) in [7, 11) is 0. The molecule has 0 bridgehead atoms. The number of rotatable bonds is 3. The number of hydrogen-bond donors (Lipinski definition) is 2. The maximum atomic E-state index is 11.7. The SMILES string of the molecule is O=C(C=Cc1ccccc1)NC(=S)Nc1ccccn1. The first-order valence-electron chi connectivity index (χ1n) is 6.00. The Kier molecular flexibility index (Phi) is 4.97. The van der Waals surface area contributed by atoms with E-state index in [0.29, 0.717) is 5.82 Å². The molecule has 4 nitrogen and oxygen atoms in total. The highest BCUT2D eigenvalue weighted by Gasteiger charge is 2.01. The van der Waals surface area contributed by atoms with Crippen LogP contribution in [0.1, 0.15) is 5.56 Å². The largest absolute Gasteiger partial charge is 0.317 e. The van der Waals surface area contributed by atoms with Gasteiger partial charge in [-0.15, -0.1) is 0 Å². The predicted molar refractivity (Wildman–Crippen MR) is 84.1 cm³/mol.